The largest absolute Gasteiger partial charge is 0.481 e. The summed E-state index contributed by atoms with van der Waals surface area (Å²) in [6, 6.07) is 0.434. The number of aromatic nitrogens is 2. The Hall–Kier alpha value is -0.860. The van der Waals surface area contributed by atoms with Gasteiger partial charge in [-0.3, -0.25) is 4.79 Å². The van der Waals surface area contributed by atoms with E-state index >= 15 is 0 Å². The molecule has 0 saturated carbocycles. The molecule has 1 aliphatic rings. The molecule has 2 rings (SSSR count). The lowest BCUT2D eigenvalue weighted by molar-refractivity contribution is -0.133. The Labute approximate surface area is 113 Å². The minimum Gasteiger partial charge on any atom is -0.481 e. The number of carbonyl (C=O) groups is 1. The van der Waals surface area contributed by atoms with Crippen molar-refractivity contribution < 1.29 is 14.6 Å². The van der Waals surface area contributed by atoms with Gasteiger partial charge in [0.1, 0.15) is 0 Å². The molecule has 6 nitrogen and oxygen atoms in total. The second kappa shape index (κ2) is 6.35. The SMILES string of the molecule is CN(c1nnc(SCC(=O)O)s1)C1CCOCC1. The van der Waals surface area contributed by atoms with Gasteiger partial charge in [-0.05, 0) is 12.8 Å². The molecule has 8 heteroatoms. The maximum atomic E-state index is 10.5. The fourth-order valence-electron chi connectivity index (χ4n) is 1.76. The molecule has 0 spiro atoms. The maximum absolute atomic E-state index is 10.5. The molecule has 1 aromatic heterocycles. The van der Waals surface area contributed by atoms with E-state index in [1.165, 1.54) is 23.1 Å². The normalized spacial score (nSPS) is 16.7. The van der Waals surface area contributed by atoms with E-state index < -0.39 is 5.97 Å². The standard InChI is InChI=1S/C10H15N3O3S2/c1-13(7-2-4-16-5-3-7)9-11-12-10(18-9)17-6-8(14)15/h7H,2-6H2,1H3,(H,14,15). The third-order valence-electron chi connectivity index (χ3n) is 2.76. The highest BCUT2D eigenvalue weighted by Gasteiger charge is 2.21. The van der Waals surface area contributed by atoms with Gasteiger partial charge in [0.25, 0.3) is 0 Å². The van der Waals surface area contributed by atoms with Crippen molar-refractivity contribution in [2.75, 3.05) is 30.9 Å². The maximum Gasteiger partial charge on any atom is 0.313 e. The molecule has 100 valence electrons. The number of nitrogens with zero attached hydrogens (tertiary/aromatic N) is 3. The minimum absolute atomic E-state index is 0.0234. The lowest BCUT2D eigenvalue weighted by Gasteiger charge is -2.30. The van der Waals surface area contributed by atoms with E-state index in [0.717, 1.165) is 31.2 Å². The first kappa shape index (κ1) is 13.6. The van der Waals surface area contributed by atoms with E-state index in [2.05, 4.69) is 15.1 Å². The molecule has 1 aromatic rings. The first-order valence-corrected chi connectivity index (χ1v) is 7.45. The average molecular weight is 289 g/mol. The summed E-state index contributed by atoms with van der Waals surface area (Å²) in [5, 5.41) is 17.6. The molecule has 0 atom stereocenters. The van der Waals surface area contributed by atoms with Crippen molar-refractivity contribution in [3.05, 3.63) is 0 Å². The molecular formula is C10H15N3O3S2. The van der Waals surface area contributed by atoms with Crippen molar-refractivity contribution in [1.29, 1.82) is 0 Å². The van der Waals surface area contributed by atoms with Crippen LogP contribution in [0.15, 0.2) is 4.34 Å². The van der Waals surface area contributed by atoms with Gasteiger partial charge in [-0.25, -0.2) is 0 Å². The summed E-state index contributed by atoms with van der Waals surface area (Å²) in [5.74, 6) is -0.815. The number of ether oxygens (including phenoxy) is 1. The van der Waals surface area contributed by atoms with E-state index in [1.807, 2.05) is 7.05 Å². The lowest BCUT2D eigenvalue weighted by atomic mass is 10.1. The molecule has 0 amide bonds. The van der Waals surface area contributed by atoms with Crippen LogP contribution in [0.1, 0.15) is 12.8 Å². The van der Waals surface area contributed by atoms with Crippen LogP contribution >= 0.6 is 23.1 Å². The highest BCUT2D eigenvalue weighted by molar-refractivity contribution is 8.01. The lowest BCUT2D eigenvalue weighted by Crippen LogP contribution is -2.36. The molecular weight excluding hydrogens is 274 g/mol. The van der Waals surface area contributed by atoms with Gasteiger partial charge in [0.05, 0.1) is 5.75 Å². The molecule has 0 bridgehead atoms. The number of thioether (sulfide) groups is 1. The molecule has 0 aliphatic carbocycles. The van der Waals surface area contributed by atoms with E-state index in [1.54, 1.807) is 0 Å². The summed E-state index contributed by atoms with van der Waals surface area (Å²) in [4.78, 5) is 12.6. The van der Waals surface area contributed by atoms with Gasteiger partial charge in [-0.2, -0.15) is 0 Å². The first-order chi connectivity index (χ1) is 8.66. The molecule has 1 saturated heterocycles. The second-order valence-electron chi connectivity index (χ2n) is 3.99. The minimum atomic E-state index is -0.838. The number of hydrogen-bond donors (Lipinski definition) is 1. The van der Waals surface area contributed by atoms with Crippen LogP contribution in [0.3, 0.4) is 0 Å². The highest BCUT2D eigenvalue weighted by Crippen LogP contribution is 2.29. The summed E-state index contributed by atoms with van der Waals surface area (Å²) in [6.45, 7) is 1.57. The third kappa shape index (κ3) is 3.56. The molecule has 1 fully saturated rings. The van der Waals surface area contributed by atoms with Crippen LogP contribution in [-0.4, -0.2) is 53.3 Å². The zero-order valence-corrected chi connectivity index (χ0v) is 11.7. The van der Waals surface area contributed by atoms with Crippen molar-refractivity contribution >= 4 is 34.2 Å². The van der Waals surface area contributed by atoms with Crippen LogP contribution in [0.5, 0.6) is 0 Å². The van der Waals surface area contributed by atoms with E-state index in [4.69, 9.17) is 9.84 Å². The van der Waals surface area contributed by atoms with Gasteiger partial charge in [-0.15, -0.1) is 10.2 Å². The van der Waals surface area contributed by atoms with Crippen LogP contribution < -0.4 is 4.90 Å². The van der Waals surface area contributed by atoms with Crippen LogP contribution in [0, 0.1) is 0 Å². The molecule has 0 unspecified atom stereocenters. The first-order valence-electron chi connectivity index (χ1n) is 5.65. The fourth-order valence-corrected chi connectivity index (χ4v) is 3.35. The number of carboxylic acid groups (broad SMARTS) is 1. The number of carboxylic acids is 1. The molecule has 1 N–H and O–H groups in total. The number of aliphatic carboxylic acids is 1. The number of rotatable bonds is 5. The topological polar surface area (TPSA) is 75.6 Å². The van der Waals surface area contributed by atoms with E-state index in [0.29, 0.717) is 10.4 Å². The Balaban J connectivity index is 1.93. The summed E-state index contributed by atoms with van der Waals surface area (Å²) in [7, 11) is 2.00. The van der Waals surface area contributed by atoms with Crippen LogP contribution in [0.2, 0.25) is 0 Å². The van der Waals surface area contributed by atoms with Crippen molar-refractivity contribution in [3.8, 4) is 0 Å². The zero-order valence-electron chi connectivity index (χ0n) is 10.0. The number of hydrogen-bond acceptors (Lipinski definition) is 7. The molecule has 0 radical (unpaired) electrons. The Kier molecular flexibility index (Phi) is 4.79. The monoisotopic (exact) mass is 289 g/mol. The van der Waals surface area contributed by atoms with Crippen molar-refractivity contribution in [2.45, 2.75) is 23.2 Å². The van der Waals surface area contributed by atoms with Crippen LogP contribution in [0.25, 0.3) is 0 Å². The Morgan fingerprint density at radius 2 is 2.28 bits per heavy atom. The van der Waals surface area contributed by atoms with E-state index in [9.17, 15) is 4.79 Å². The zero-order chi connectivity index (χ0) is 13.0. The van der Waals surface area contributed by atoms with Gasteiger partial charge in [0.2, 0.25) is 5.13 Å². The second-order valence-corrected chi connectivity index (χ2v) is 6.17. The highest BCUT2D eigenvalue weighted by atomic mass is 32.2. The summed E-state index contributed by atoms with van der Waals surface area (Å²) >= 11 is 2.65. The van der Waals surface area contributed by atoms with Gasteiger partial charge < -0.3 is 14.7 Å². The summed E-state index contributed by atoms with van der Waals surface area (Å²) in [6.07, 6.45) is 1.99. The fraction of sp³-hybridized carbons (Fsp3) is 0.700. The Morgan fingerprint density at radius 3 is 2.94 bits per heavy atom. The average Bonchev–Trinajstić information content (AvgIpc) is 2.85. The van der Waals surface area contributed by atoms with Crippen LogP contribution in [0.4, 0.5) is 5.13 Å². The quantitative estimate of drug-likeness (QED) is 0.819. The third-order valence-corrected chi connectivity index (χ3v) is 4.89. The molecule has 1 aliphatic heterocycles. The van der Waals surface area contributed by atoms with Crippen LogP contribution in [-0.2, 0) is 9.53 Å². The predicted molar refractivity (Wildman–Crippen MR) is 70.5 cm³/mol. The van der Waals surface area contributed by atoms with Gasteiger partial charge in [0, 0.05) is 26.3 Å². The molecule has 0 aromatic carbocycles. The predicted octanol–water partition coefficient (Wildman–Crippen LogP) is 1.33. The Morgan fingerprint density at radius 1 is 1.56 bits per heavy atom. The smallest absolute Gasteiger partial charge is 0.313 e. The molecule has 2 heterocycles. The summed E-state index contributed by atoms with van der Waals surface area (Å²) < 4.78 is 6.03. The van der Waals surface area contributed by atoms with Crippen molar-refractivity contribution in [2.24, 2.45) is 0 Å². The van der Waals surface area contributed by atoms with Gasteiger partial charge in [-0.1, -0.05) is 23.1 Å². The van der Waals surface area contributed by atoms with E-state index in [-0.39, 0.29) is 5.75 Å². The van der Waals surface area contributed by atoms with Crippen molar-refractivity contribution in [3.63, 3.8) is 0 Å². The number of anilines is 1. The van der Waals surface area contributed by atoms with Gasteiger partial charge in [0.15, 0.2) is 4.34 Å². The molecule has 18 heavy (non-hydrogen) atoms. The van der Waals surface area contributed by atoms with Gasteiger partial charge >= 0.3 is 5.97 Å². The van der Waals surface area contributed by atoms with Crippen molar-refractivity contribution in [1.82, 2.24) is 10.2 Å². The summed E-state index contributed by atoms with van der Waals surface area (Å²) in [5.41, 5.74) is 0. The Bertz CT molecular complexity index is 407.